The Bertz CT molecular complexity index is 1740. The summed E-state index contributed by atoms with van der Waals surface area (Å²) in [4.78, 5) is 20.2. The Morgan fingerprint density at radius 2 is 1.72 bits per heavy atom. The number of fused-ring (bicyclic) bond motifs is 3. The molecule has 46 heavy (non-hydrogen) atoms. The molecule has 1 amide bonds. The van der Waals surface area contributed by atoms with Gasteiger partial charge in [-0.1, -0.05) is 50.6 Å². The predicted molar refractivity (Wildman–Crippen MR) is 157 cm³/mol. The van der Waals surface area contributed by atoms with Gasteiger partial charge in [-0.25, -0.2) is 4.79 Å². The van der Waals surface area contributed by atoms with Crippen LogP contribution in [0.1, 0.15) is 45.2 Å². The van der Waals surface area contributed by atoms with Crippen LogP contribution in [-0.2, 0) is 16.6 Å². The van der Waals surface area contributed by atoms with Gasteiger partial charge in [-0.15, -0.1) is 0 Å². The molecule has 2 aromatic carbocycles. The van der Waals surface area contributed by atoms with Crippen LogP contribution >= 0.6 is 11.6 Å². The van der Waals surface area contributed by atoms with Crippen molar-refractivity contribution in [1.29, 1.82) is 5.26 Å². The van der Waals surface area contributed by atoms with E-state index in [-0.39, 0.29) is 24.3 Å². The number of nitrogens with one attached hydrogen (secondary N) is 2. The molecule has 0 radical (unpaired) electrons. The normalized spacial score (nSPS) is 14.7. The molecule has 0 saturated carbocycles. The number of carboxylic acids is 1. The number of benzene rings is 2. The molecule has 3 atom stereocenters. The first-order chi connectivity index (χ1) is 21.3. The monoisotopic (exact) mass is 673 g/mol. The maximum absolute atomic E-state index is 14.4. The minimum atomic E-state index is -5.08. The van der Waals surface area contributed by atoms with E-state index >= 15 is 0 Å². The number of carbonyl (C=O) groups is 2. The number of hydrogen-bond acceptors (Lipinski definition) is 6. The minimum absolute atomic E-state index is 0.0825. The van der Waals surface area contributed by atoms with E-state index in [9.17, 15) is 36.4 Å². The first kappa shape index (κ1) is 36.2. The lowest BCUT2D eigenvalue weighted by atomic mass is 9.98. The third-order valence-electron chi connectivity index (χ3n) is 6.81. The van der Waals surface area contributed by atoms with Crippen LogP contribution in [0.2, 0.25) is 0 Å². The highest BCUT2D eigenvalue weighted by Gasteiger charge is 2.44. The molecule has 0 spiro atoms. The number of aromatic nitrogens is 2. The molecule has 2 heterocycles. The average molecular weight is 674 g/mol. The number of aliphatic carboxylic acids is 1. The van der Waals surface area contributed by atoms with Gasteiger partial charge in [0.2, 0.25) is 10.9 Å². The summed E-state index contributed by atoms with van der Waals surface area (Å²) in [5, 5.41) is 26.9. The zero-order valence-electron chi connectivity index (χ0n) is 24.9. The van der Waals surface area contributed by atoms with Gasteiger partial charge in [0, 0.05) is 29.6 Å². The molecule has 9 nitrogen and oxygen atoms in total. The molecule has 0 saturated heterocycles. The highest BCUT2D eigenvalue weighted by Crippen LogP contribution is 2.38. The Kier molecular flexibility index (Phi) is 11.0. The average Bonchev–Trinajstić information content (AvgIpc) is 3.56. The Morgan fingerprint density at radius 3 is 2.22 bits per heavy atom. The summed E-state index contributed by atoms with van der Waals surface area (Å²) < 4.78 is 82.5. The molecule has 0 aliphatic carbocycles. The van der Waals surface area contributed by atoms with Crippen molar-refractivity contribution < 1.29 is 45.5 Å². The highest BCUT2D eigenvalue weighted by atomic mass is 35.5. The largest absolute Gasteiger partial charge is 0.490 e. The summed E-state index contributed by atoms with van der Waals surface area (Å²) in [7, 11) is 1.82. The van der Waals surface area contributed by atoms with Crippen molar-refractivity contribution in [2.45, 2.75) is 63.0 Å². The molecule has 0 fully saturated rings. The van der Waals surface area contributed by atoms with Crippen molar-refractivity contribution >= 4 is 45.4 Å². The topological polar surface area (TPSA) is 133 Å². The molecular weight excluding hydrogens is 644 g/mol. The fraction of sp³-hybridized carbons (Fsp3) is 0.400. The molecule has 0 bridgehead atoms. The van der Waals surface area contributed by atoms with Gasteiger partial charge in [-0.05, 0) is 48.1 Å². The van der Waals surface area contributed by atoms with Crippen molar-refractivity contribution in [3.63, 3.8) is 0 Å². The molecule has 16 heteroatoms. The number of alkyl halides is 7. The third kappa shape index (κ3) is 8.91. The highest BCUT2D eigenvalue weighted by molar-refractivity contribution is 6.26. The molecule has 0 aliphatic heterocycles. The van der Waals surface area contributed by atoms with E-state index in [0.717, 1.165) is 16.5 Å². The second kappa shape index (κ2) is 14.0. The van der Waals surface area contributed by atoms with Crippen molar-refractivity contribution in [1.82, 2.24) is 20.4 Å². The Hall–Kier alpha value is -4.29. The number of rotatable bonds is 9. The van der Waals surface area contributed by atoms with Gasteiger partial charge in [-0.2, -0.15) is 36.7 Å². The van der Waals surface area contributed by atoms with Crippen molar-refractivity contribution in [2.24, 2.45) is 13.0 Å². The standard InChI is InChI=1S/C28H29ClF3N5O2.C2HF3O2/c1-5-27(29,15-33)36-26(38)22(10-16(2)3)35-25(28(30,31)32)18-6-8-20-21-11-17(19-13-34-37(4)14-19)7-9-23(21)39-24(20)12-18;3-2(4,5)1(6)7/h6-9,11-14,16,22,25,35H,5,10H2,1-4H3,(H,36,38);(H,6,7)/t22-,25-,27?;/m0./s1. The number of furan rings is 1. The number of halogens is 7. The van der Waals surface area contributed by atoms with E-state index in [4.69, 9.17) is 25.9 Å². The Balaban J connectivity index is 0.000000738. The van der Waals surface area contributed by atoms with Crippen LogP contribution in [0.25, 0.3) is 33.1 Å². The maximum Gasteiger partial charge on any atom is 0.490 e. The molecule has 4 rings (SSSR count). The summed E-state index contributed by atoms with van der Waals surface area (Å²) in [6.07, 6.45) is -6.02. The fourth-order valence-electron chi connectivity index (χ4n) is 4.50. The number of carbonyl (C=O) groups excluding carboxylic acids is 1. The number of carboxylic acid groups (broad SMARTS) is 1. The van der Waals surface area contributed by atoms with Crippen molar-refractivity contribution in [3.8, 4) is 17.2 Å². The molecule has 4 aromatic rings. The summed E-state index contributed by atoms with van der Waals surface area (Å²) in [5.74, 6) is -3.64. The third-order valence-corrected chi connectivity index (χ3v) is 7.26. The first-order valence-electron chi connectivity index (χ1n) is 13.8. The van der Waals surface area contributed by atoms with E-state index < -0.39 is 41.3 Å². The van der Waals surface area contributed by atoms with E-state index in [1.807, 2.05) is 25.4 Å². The molecule has 248 valence electrons. The fourth-order valence-corrected chi connectivity index (χ4v) is 4.60. The van der Waals surface area contributed by atoms with Crippen molar-refractivity contribution in [3.05, 3.63) is 54.4 Å². The maximum atomic E-state index is 14.4. The number of nitriles is 1. The lowest BCUT2D eigenvalue weighted by Gasteiger charge is -2.30. The lowest BCUT2D eigenvalue weighted by molar-refractivity contribution is -0.192. The number of amides is 1. The molecule has 3 N–H and O–H groups in total. The van der Waals surface area contributed by atoms with Gasteiger partial charge in [-0.3, -0.25) is 14.8 Å². The number of aryl methyl sites for hydroxylation is 1. The SMILES string of the molecule is CCC(Cl)(C#N)NC(=O)[C@H](CC(C)C)N[C@@H](c1ccc2c(c1)oc1ccc(-c3cnn(C)c3)cc12)C(F)(F)F.O=C(O)C(F)(F)F. The van der Waals surface area contributed by atoms with Crippen LogP contribution in [0.4, 0.5) is 26.3 Å². The van der Waals surface area contributed by atoms with Gasteiger partial charge in [0.15, 0.2) is 0 Å². The summed E-state index contributed by atoms with van der Waals surface area (Å²) in [6, 6.07) is 8.28. The van der Waals surface area contributed by atoms with E-state index in [1.54, 1.807) is 49.9 Å². The molecule has 2 aromatic heterocycles. The van der Waals surface area contributed by atoms with Gasteiger partial charge in [0.05, 0.1) is 12.2 Å². The minimum Gasteiger partial charge on any atom is -0.475 e. The second-order valence-electron chi connectivity index (χ2n) is 10.9. The summed E-state index contributed by atoms with van der Waals surface area (Å²) in [5.41, 5.74) is 2.54. The Morgan fingerprint density at radius 1 is 1.07 bits per heavy atom. The summed E-state index contributed by atoms with van der Waals surface area (Å²) >= 11 is 6.12. The van der Waals surface area contributed by atoms with Gasteiger partial charge >= 0.3 is 18.3 Å². The zero-order chi connectivity index (χ0) is 34.6. The zero-order valence-corrected chi connectivity index (χ0v) is 25.7. The van der Waals surface area contributed by atoms with Crippen LogP contribution in [0.5, 0.6) is 0 Å². The van der Waals surface area contributed by atoms with E-state index in [1.165, 1.54) is 12.1 Å². The van der Waals surface area contributed by atoms with Crippen molar-refractivity contribution in [2.75, 3.05) is 0 Å². The van der Waals surface area contributed by atoms with Crippen LogP contribution in [0, 0.1) is 17.2 Å². The molecule has 0 aliphatic rings. The first-order valence-corrected chi connectivity index (χ1v) is 14.2. The van der Waals surface area contributed by atoms with Gasteiger partial charge < -0.3 is 14.8 Å². The van der Waals surface area contributed by atoms with Crippen LogP contribution in [-0.4, -0.2) is 50.2 Å². The summed E-state index contributed by atoms with van der Waals surface area (Å²) in [6.45, 7) is 5.19. The lowest BCUT2D eigenvalue weighted by Crippen LogP contribution is -2.54. The van der Waals surface area contributed by atoms with Crippen LogP contribution < -0.4 is 10.6 Å². The van der Waals surface area contributed by atoms with Crippen LogP contribution in [0.3, 0.4) is 0 Å². The molecular formula is C30H30ClF6N5O4. The smallest absolute Gasteiger partial charge is 0.475 e. The van der Waals surface area contributed by atoms with Crippen LogP contribution in [0.15, 0.2) is 53.2 Å². The predicted octanol–water partition coefficient (Wildman–Crippen LogP) is 7.21. The second-order valence-corrected chi connectivity index (χ2v) is 11.5. The number of hydrogen-bond donors (Lipinski definition) is 3. The Labute approximate surface area is 264 Å². The van der Waals surface area contributed by atoms with E-state index in [2.05, 4.69) is 15.7 Å². The molecule has 1 unspecified atom stereocenters. The van der Waals surface area contributed by atoms with Gasteiger partial charge in [0.1, 0.15) is 23.3 Å². The number of nitrogens with zero attached hydrogens (tertiary/aromatic N) is 3. The quantitative estimate of drug-likeness (QED) is 0.0971. The van der Waals surface area contributed by atoms with E-state index in [0.29, 0.717) is 16.6 Å². The van der Waals surface area contributed by atoms with Gasteiger partial charge in [0.25, 0.3) is 0 Å².